The first-order chi connectivity index (χ1) is 5.61. The third-order valence-electron chi connectivity index (χ3n) is 1.26. The van der Waals surface area contributed by atoms with Crippen LogP contribution in [0.15, 0.2) is 0 Å². The lowest BCUT2D eigenvalue weighted by Crippen LogP contribution is -2.40. The maximum absolute atomic E-state index is 11.0. The van der Waals surface area contributed by atoms with Gasteiger partial charge in [0, 0.05) is 12.3 Å². The Kier molecular flexibility index (Phi) is 5.70. The van der Waals surface area contributed by atoms with E-state index in [0.717, 1.165) is 0 Å². The Labute approximate surface area is 79.8 Å². The van der Waals surface area contributed by atoms with Crippen molar-refractivity contribution in [1.82, 2.24) is 5.32 Å². The highest BCUT2D eigenvalue weighted by Crippen LogP contribution is 1.98. The van der Waals surface area contributed by atoms with Crippen LogP contribution in [0.5, 0.6) is 0 Å². The van der Waals surface area contributed by atoms with Crippen LogP contribution in [0.25, 0.3) is 0 Å². The van der Waals surface area contributed by atoms with E-state index in [1.54, 1.807) is 0 Å². The number of hydrogen-bond donors (Lipinski definition) is 1. The average Bonchev–Trinajstić information content (AvgIpc) is 2.01. The van der Waals surface area contributed by atoms with Crippen molar-refractivity contribution in [3.63, 3.8) is 0 Å². The summed E-state index contributed by atoms with van der Waals surface area (Å²) in [6.07, 6.45) is 0.534. The molecule has 1 N–H and O–H groups in total. The van der Waals surface area contributed by atoms with E-state index in [1.165, 1.54) is 14.0 Å². The third kappa shape index (κ3) is 4.33. The van der Waals surface area contributed by atoms with Gasteiger partial charge in [-0.2, -0.15) is 0 Å². The molecular formula is C7H12BrNO3. The molecule has 1 unspecified atom stereocenters. The lowest BCUT2D eigenvalue weighted by molar-refractivity contribution is -0.144. The Morgan fingerprint density at radius 2 is 2.17 bits per heavy atom. The van der Waals surface area contributed by atoms with Crippen molar-refractivity contribution in [2.24, 2.45) is 0 Å². The first-order valence-electron chi connectivity index (χ1n) is 3.52. The van der Waals surface area contributed by atoms with Crippen LogP contribution in [0.4, 0.5) is 0 Å². The lowest BCUT2D eigenvalue weighted by Gasteiger charge is -2.13. The molecule has 0 aliphatic heterocycles. The topological polar surface area (TPSA) is 55.4 Å². The van der Waals surface area contributed by atoms with Crippen LogP contribution in [-0.2, 0) is 14.3 Å². The van der Waals surface area contributed by atoms with E-state index in [9.17, 15) is 9.59 Å². The van der Waals surface area contributed by atoms with Crippen molar-refractivity contribution in [2.45, 2.75) is 19.4 Å². The Morgan fingerprint density at radius 1 is 1.58 bits per heavy atom. The molecule has 1 amide bonds. The Morgan fingerprint density at radius 3 is 2.50 bits per heavy atom. The van der Waals surface area contributed by atoms with Gasteiger partial charge >= 0.3 is 5.97 Å². The van der Waals surface area contributed by atoms with Crippen molar-refractivity contribution in [3.8, 4) is 0 Å². The summed E-state index contributed by atoms with van der Waals surface area (Å²) in [6.45, 7) is 1.37. The van der Waals surface area contributed by atoms with Crippen LogP contribution in [-0.4, -0.2) is 30.4 Å². The molecule has 0 spiro atoms. The molecule has 0 aromatic rings. The van der Waals surface area contributed by atoms with Gasteiger partial charge < -0.3 is 10.1 Å². The van der Waals surface area contributed by atoms with Crippen LogP contribution >= 0.6 is 15.9 Å². The summed E-state index contributed by atoms with van der Waals surface area (Å²) in [5, 5.41) is 3.13. The molecule has 0 aliphatic carbocycles. The zero-order valence-corrected chi connectivity index (χ0v) is 8.68. The summed E-state index contributed by atoms with van der Waals surface area (Å²) in [7, 11) is 1.30. The normalized spacial score (nSPS) is 11.9. The zero-order valence-electron chi connectivity index (χ0n) is 7.09. The van der Waals surface area contributed by atoms with E-state index in [2.05, 4.69) is 26.0 Å². The molecule has 0 saturated carbocycles. The number of esters is 1. The van der Waals surface area contributed by atoms with E-state index < -0.39 is 12.0 Å². The lowest BCUT2D eigenvalue weighted by atomic mass is 10.2. The number of carbonyl (C=O) groups excluding carboxylic acids is 2. The second-order valence-corrected chi connectivity index (χ2v) is 3.05. The number of methoxy groups -OCH3 is 1. The largest absolute Gasteiger partial charge is 0.467 e. The maximum Gasteiger partial charge on any atom is 0.328 e. The van der Waals surface area contributed by atoms with Gasteiger partial charge in [0.05, 0.1) is 7.11 Å². The number of nitrogens with one attached hydrogen (secondary N) is 1. The molecule has 0 fully saturated rings. The molecule has 0 bridgehead atoms. The molecule has 0 saturated heterocycles. The predicted octanol–water partition coefficient (Wildman–Crippen LogP) is 0.449. The van der Waals surface area contributed by atoms with E-state index in [4.69, 9.17) is 0 Å². The molecule has 0 aromatic carbocycles. The molecule has 0 radical (unpaired) electrons. The molecule has 4 nitrogen and oxygen atoms in total. The van der Waals surface area contributed by atoms with E-state index in [1.807, 2.05) is 0 Å². The summed E-state index contributed by atoms with van der Waals surface area (Å²) >= 11 is 3.18. The number of amides is 1. The molecule has 70 valence electrons. The Balaban J connectivity index is 4.02. The zero-order chi connectivity index (χ0) is 9.56. The van der Waals surface area contributed by atoms with Crippen molar-refractivity contribution >= 4 is 27.8 Å². The minimum Gasteiger partial charge on any atom is -0.467 e. The standard InChI is InChI=1S/C7H12BrNO3/c1-5(10)9-6(3-4-8)7(11)12-2/h6H,3-4H2,1-2H3,(H,9,10). The summed E-state index contributed by atoms with van der Waals surface area (Å²) in [5.41, 5.74) is 0. The summed E-state index contributed by atoms with van der Waals surface area (Å²) in [4.78, 5) is 21.6. The van der Waals surface area contributed by atoms with Gasteiger partial charge in [0.2, 0.25) is 5.91 Å². The number of carbonyl (C=O) groups is 2. The fraction of sp³-hybridized carbons (Fsp3) is 0.714. The molecule has 5 heteroatoms. The third-order valence-corrected chi connectivity index (χ3v) is 1.72. The molecule has 12 heavy (non-hydrogen) atoms. The van der Waals surface area contributed by atoms with Crippen molar-refractivity contribution in [1.29, 1.82) is 0 Å². The van der Waals surface area contributed by atoms with Gasteiger partial charge in [0.15, 0.2) is 0 Å². The number of hydrogen-bond acceptors (Lipinski definition) is 3. The minimum absolute atomic E-state index is 0.230. The highest BCUT2D eigenvalue weighted by molar-refractivity contribution is 9.09. The SMILES string of the molecule is COC(=O)C(CCBr)NC(C)=O. The smallest absolute Gasteiger partial charge is 0.328 e. The van der Waals surface area contributed by atoms with Gasteiger partial charge in [0.25, 0.3) is 0 Å². The van der Waals surface area contributed by atoms with Gasteiger partial charge in [-0.05, 0) is 6.42 Å². The number of halogens is 1. The fourth-order valence-corrected chi connectivity index (χ4v) is 1.20. The quantitative estimate of drug-likeness (QED) is 0.571. The van der Waals surface area contributed by atoms with E-state index in [0.29, 0.717) is 11.8 Å². The fourth-order valence-electron chi connectivity index (χ4n) is 0.746. The molecular weight excluding hydrogens is 226 g/mol. The van der Waals surface area contributed by atoms with E-state index >= 15 is 0 Å². The van der Waals surface area contributed by atoms with Gasteiger partial charge in [-0.1, -0.05) is 15.9 Å². The van der Waals surface area contributed by atoms with Gasteiger partial charge in [-0.15, -0.1) is 0 Å². The van der Waals surface area contributed by atoms with Crippen molar-refractivity contribution < 1.29 is 14.3 Å². The Bertz CT molecular complexity index is 172. The number of ether oxygens (including phenoxy) is 1. The number of rotatable bonds is 4. The Hall–Kier alpha value is -0.580. The molecule has 0 aromatic heterocycles. The van der Waals surface area contributed by atoms with Crippen LogP contribution in [0.1, 0.15) is 13.3 Å². The highest BCUT2D eigenvalue weighted by atomic mass is 79.9. The van der Waals surface area contributed by atoms with Crippen molar-refractivity contribution in [3.05, 3.63) is 0 Å². The second kappa shape index (κ2) is 5.99. The molecule has 0 heterocycles. The molecule has 0 rings (SSSR count). The van der Waals surface area contributed by atoms with Gasteiger partial charge in [-0.25, -0.2) is 4.79 Å². The van der Waals surface area contributed by atoms with E-state index in [-0.39, 0.29) is 5.91 Å². The molecule has 0 aliphatic rings. The average molecular weight is 238 g/mol. The highest BCUT2D eigenvalue weighted by Gasteiger charge is 2.18. The summed E-state index contributed by atoms with van der Waals surface area (Å²) in [6, 6.07) is -0.535. The first-order valence-corrected chi connectivity index (χ1v) is 4.64. The monoisotopic (exact) mass is 237 g/mol. The van der Waals surface area contributed by atoms with Crippen molar-refractivity contribution in [2.75, 3.05) is 12.4 Å². The number of alkyl halides is 1. The minimum atomic E-state index is -0.535. The predicted molar refractivity (Wildman–Crippen MR) is 48.0 cm³/mol. The maximum atomic E-state index is 11.0. The molecule has 1 atom stereocenters. The van der Waals surface area contributed by atoms with Crippen LogP contribution in [0.3, 0.4) is 0 Å². The summed E-state index contributed by atoms with van der Waals surface area (Å²) < 4.78 is 4.49. The van der Waals surface area contributed by atoms with Crippen LogP contribution < -0.4 is 5.32 Å². The van der Waals surface area contributed by atoms with Crippen LogP contribution in [0, 0.1) is 0 Å². The first kappa shape index (κ1) is 11.4. The van der Waals surface area contributed by atoms with Gasteiger partial charge in [0.1, 0.15) is 6.04 Å². The second-order valence-electron chi connectivity index (χ2n) is 2.25. The van der Waals surface area contributed by atoms with Crippen LogP contribution in [0.2, 0.25) is 0 Å². The van der Waals surface area contributed by atoms with Gasteiger partial charge in [-0.3, -0.25) is 4.79 Å². The summed E-state index contributed by atoms with van der Waals surface area (Å²) in [5.74, 6) is -0.643.